The Balaban J connectivity index is 3.24. The molecule has 0 fully saturated rings. The number of carbonyl (C=O) groups excluding carboxylic acids is 1. The first-order chi connectivity index (χ1) is 11.2. The molecule has 0 aromatic heterocycles. The highest BCUT2D eigenvalue weighted by molar-refractivity contribution is 5.66. The fourth-order valence-electron chi connectivity index (χ4n) is 2.36. The Kier molecular flexibility index (Phi) is 16.4. The van der Waals surface area contributed by atoms with Gasteiger partial charge in [-0.3, -0.25) is 4.79 Å². The van der Waals surface area contributed by atoms with Gasteiger partial charge < -0.3 is 9.84 Å². The summed E-state index contributed by atoms with van der Waals surface area (Å²) < 4.78 is 4.63. The molecule has 0 saturated carbocycles. The molecule has 1 N–H and O–H groups in total. The molecule has 134 valence electrons. The summed E-state index contributed by atoms with van der Waals surface area (Å²) >= 11 is 0. The molecule has 23 heavy (non-hydrogen) atoms. The number of hydrogen-bond acceptors (Lipinski definition) is 3. The van der Waals surface area contributed by atoms with Crippen LogP contribution in [0.4, 0.5) is 0 Å². The molecule has 3 heteroatoms. The van der Waals surface area contributed by atoms with Crippen molar-refractivity contribution in [2.45, 2.75) is 97.2 Å². The molecular formula is C20H36O3. The summed E-state index contributed by atoms with van der Waals surface area (Å²) in [4.78, 5) is 10.6. The van der Waals surface area contributed by atoms with Gasteiger partial charge in [0.1, 0.15) is 0 Å². The lowest BCUT2D eigenvalue weighted by atomic mass is 10.1. The Morgan fingerprint density at radius 1 is 0.870 bits per heavy atom. The van der Waals surface area contributed by atoms with E-state index >= 15 is 0 Å². The highest BCUT2D eigenvalue weighted by Gasteiger charge is 2.03. The number of allylic oxidation sites excluding steroid dienone is 3. The summed E-state index contributed by atoms with van der Waals surface area (Å²) in [6, 6.07) is 0. The van der Waals surface area contributed by atoms with Crippen molar-refractivity contribution in [1.29, 1.82) is 0 Å². The summed E-state index contributed by atoms with van der Waals surface area (Å²) in [5, 5.41) is 9.32. The second-order valence-electron chi connectivity index (χ2n) is 6.08. The third-order valence-corrected chi connectivity index (χ3v) is 3.69. The largest absolute Gasteiger partial charge is 0.436 e. The van der Waals surface area contributed by atoms with Crippen LogP contribution in [0, 0.1) is 0 Å². The van der Waals surface area contributed by atoms with E-state index in [1.165, 1.54) is 71.1 Å². The quantitative estimate of drug-likeness (QED) is 0.182. The lowest BCUT2D eigenvalue weighted by Crippen LogP contribution is -2.13. The second-order valence-corrected chi connectivity index (χ2v) is 6.08. The van der Waals surface area contributed by atoms with Gasteiger partial charge in [-0.15, -0.1) is 0 Å². The molecule has 0 aromatic rings. The minimum Gasteiger partial charge on any atom is -0.436 e. The molecule has 0 aliphatic carbocycles. The van der Waals surface area contributed by atoms with Gasteiger partial charge in [0.15, 0.2) is 0 Å². The highest BCUT2D eigenvalue weighted by Crippen LogP contribution is 2.10. The van der Waals surface area contributed by atoms with Crippen LogP contribution in [0.25, 0.3) is 0 Å². The normalized spacial score (nSPS) is 13.0. The van der Waals surface area contributed by atoms with Crippen molar-refractivity contribution >= 4 is 5.97 Å². The van der Waals surface area contributed by atoms with Gasteiger partial charge in [0, 0.05) is 13.3 Å². The van der Waals surface area contributed by atoms with Crippen LogP contribution in [-0.4, -0.2) is 17.4 Å². The van der Waals surface area contributed by atoms with Gasteiger partial charge in [-0.25, -0.2) is 0 Å². The Bertz CT molecular complexity index is 321. The highest BCUT2D eigenvalue weighted by atomic mass is 16.6. The Hall–Kier alpha value is -1.09. The van der Waals surface area contributed by atoms with Gasteiger partial charge in [0.2, 0.25) is 6.29 Å². The van der Waals surface area contributed by atoms with E-state index in [9.17, 15) is 9.90 Å². The average Bonchev–Trinajstić information content (AvgIpc) is 2.50. The first-order valence-electron chi connectivity index (χ1n) is 9.32. The van der Waals surface area contributed by atoms with Crippen molar-refractivity contribution in [3.05, 3.63) is 24.3 Å². The molecule has 0 radical (unpaired) electrons. The molecule has 0 aliphatic rings. The van der Waals surface area contributed by atoms with Gasteiger partial charge in [-0.1, -0.05) is 69.8 Å². The van der Waals surface area contributed by atoms with Crippen LogP contribution in [-0.2, 0) is 9.53 Å². The summed E-state index contributed by atoms with van der Waals surface area (Å²) in [7, 11) is 0. The lowest BCUT2D eigenvalue weighted by molar-refractivity contribution is -0.164. The summed E-state index contributed by atoms with van der Waals surface area (Å²) in [6.07, 6.45) is 21.9. The van der Waals surface area contributed by atoms with Gasteiger partial charge in [-0.05, 0) is 32.1 Å². The van der Waals surface area contributed by atoms with Crippen LogP contribution in [0.3, 0.4) is 0 Å². The molecule has 1 unspecified atom stereocenters. The molecule has 0 rings (SSSR count). The van der Waals surface area contributed by atoms with Crippen LogP contribution in [0.5, 0.6) is 0 Å². The Morgan fingerprint density at radius 2 is 1.35 bits per heavy atom. The van der Waals surface area contributed by atoms with Crippen molar-refractivity contribution in [2.24, 2.45) is 0 Å². The van der Waals surface area contributed by atoms with Crippen LogP contribution in [0.1, 0.15) is 90.9 Å². The molecule has 0 aliphatic heterocycles. The monoisotopic (exact) mass is 324 g/mol. The van der Waals surface area contributed by atoms with Gasteiger partial charge in [0.25, 0.3) is 0 Å². The smallest absolute Gasteiger partial charge is 0.304 e. The van der Waals surface area contributed by atoms with Crippen molar-refractivity contribution in [1.82, 2.24) is 0 Å². The standard InChI is InChI=1S/C20H36O3/c1-3-4-5-6-7-8-9-10-11-12-13-14-15-16-17-18-20(22)23-19(2)21/h6-7,16-17,20,22H,3-5,8-15,18H2,1-2H3/b7-6+,17-16+. The summed E-state index contributed by atoms with van der Waals surface area (Å²) in [5.41, 5.74) is 0. The van der Waals surface area contributed by atoms with Crippen molar-refractivity contribution in [3.8, 4) is 0 Å². The maximum absolute atomic E-state index is 10.6. The Labute approximate surface area is 142 Å². The van der Waals surface area contributed by atoms with Crippen LogP contribution < -0.4 is 0 Å². The van der Waals surface area contributed by atoms with Crippen molar-refractivity contribution in [2.75, 3.05) is 0 Å². The van der Waals surface area contributed by atoms with Crippen molar-refractivity contribution < 1.29 is 14.6 Å². The zero-order valence-electron chi connectivity index (χ0n) is 15.1. The predicted molar refractivity (Wildman–Crippen MR) is 97.1 cm³/mol. The fourth-order valence-corrected chi connectivity index (χ4v) is 2.36. The number of aliphatic hydroxyl groups excluding tert-OH is 1. The zero-order valence-corrected chi connectivity index (χ0v) is 15.1. The second kappa shape index (κ2) is 17.3. The molecule has 0 spiro atoms. The Morgan fingerprint density at radius 3 is 1.87 bits per heavy atom. The van der Waals surface area contributed by atoms with Gasteiger partial charge in [0.05, 0.1) is 0 Å². The van der Waals surface area contributed by atoms with E-state index in [4.69, 9.17) is 0 Å². The lowest BCUT2D eigenvalue weighted by Gasteiger charge is -2.06. The van der Waals surface area contributed by atoms with Crippen LogP contribution in [0.2, 0.25) is 0 Å². The minimum absolute atomic E-state index is 0.380. The maximum atomic E-state index is 10.6. The number of hydrogen-bond donors (Lipinski definition) is 1. The number of rotatable bonds is 15. The number of carbonyl (C=O) groups is 1. The van der Waals surface area contributed by atoms with Gasteiger partial charge >= 0.3 is 5.97 Å². The van der Waals surface area contributed by atoms with E-state index in [1.54, 1.807) is 0 Å². The number of ether oxygens (including phenoxy) is 1. The van der Waals surface area contributed by atoms with Gasteiger partial charge in [-0.2, -0.15) is 0 Å². The molecule has 1 atom stereocenters. The first-order valence-corrected chi connectivity index (χ1v) is 9.32. The molecule has 0 saturated heterocycles. The summed E-state index contributed by atoms with van der Waals surface area (Å²) in [6.45, 7) is 3.53. The van der Waals surface area contributed by atoms with E-state index in [-0.39, 0.29) is 0 Å². The predicted octanol–water partition coefficient (Wildman–Crippen LogP) is 5.68. The molecule has 0 amide bonds. The van der Waals surface area contributed by atoms with E-state index < -0.39 is 12.3 Å². The minimum atomic E-state index is -1.00. The van der Waals surface area contributed by atoms with E-state index in [2.05, 4.69) is 29.9 Å². The zero-order chi connectivity index (χ0) is 17.2. The number of unbranched alkanes of at least 4 members (excludes halogenated alkanes) is 9. The van der Waals surface area contributed by atoms with E-state index in [0.29, 0.717) is 6.42 Å². The first kappa shape index (κ1) is 21.9. The van der Waals surface area contributed by atoms with E-state index in [1.807, 2.05) is 6.08 Å². The number of aliphatic hydroxyl groups is 1. The van der Waals surface area contributed by atoms with E-state index in [0.717, 1.165) is 6.42 Å². The maximum Gasteiger partial charge on any atom is 0.304 e. The average molecular weight is 325 g/mol. The van der Waals surface area contributed by atoms with Crippen LogP contribution >= 0.6 is 0 Å². The third-order valence-electron chi connectivity index (χ3n) is 3.69. The molecule has 0 heterocycles. The summed E-state index contributed by atoms with van der Waals surface area (Å²) in [5.74, 6) is -0.442. The molecule has 0 bridgehead atoms. The van der Waals surface area contributed by atoms with Crippen LogP contribution in [0.15, 0.2) is 24.3 Å². The molecular weight excluding hydrogens is 288 g/mol. The number of esters is 1. The fraction of sp³-hybridized carbons (Fsp3) is 0.750. The topological polar surface area (TPSA) is 46.5 Å². The molecule has 0 aromatic carbocycles. The SMILES string of the molecule is CCCC/C=C/CCCCCCCC/C=C/CC(O)OC(C)=O. The molecule has 3 nitrogen and oxygen atoms in total. The third kappa shape index (κ3) is 18.9. The van der Waals surface area contributed by atoms with Crippen molar-refractivity contribution in [3.63, 3.8) is 0 Å².